The Bertz CT molecular complexity index is 1080. The van der Waals surface area contributed by atoms with Crippen molar-refractivity contribution >= 4 is 17.4 Å². The van der Waals surface area contributed by atoms with Crippen LogP contribution in [0.2, 0.25) is 5.02 Å². The van der Waals surface area contributed by atoms with E-state index in [1.807, 2.05) is 6.07 Å². The Morgan fingerprint density at radius 1 is 1.30 bits per heavy atom. The number of anilines is 1. The number of aromatic amines is 1. The van der Waals surface area contributed by atoms with Crippen LogP contribution in [-0.4, -0.2) is 21.3 Å². The van der Waals surface area contributed by atoms with Crippen LogP contribution in [0.1, 0.15) is 16.7 Å². The summed E-state index contributed by atoms with van der Waals surface area (Å²) in [7, 11) is 0. The molecule has 1 aliphatic heterocycles. The van der Waals surface area contributed by atoms with Crippen molar-refractivity contribution in [1.29, 1.82) is 0 Å². The smallest absolute Gasteiger partial charge is 0.369 e. The van der Waals surface area contributed by atoms with Gasteiger partial charge in [0.2, 0.25) is 0 Å². The number of halogens is 4. The summed E-state index contributed by atoms with van der Waals surface area (Å²) in [5, 5.41) is 6.03. The molecule has 3 aromatic rings. The fourth-order valence-corrected chi connectivity index (χ4v) is 3.67. The maximum Gasteiger partial charge on any atom is 0.416 e. The summed E-state index contributed by atoms with van der Waals surface area (Å²) >= 11 is 6.14. The molecule has 0 saturated carbocycles. The highest BCUT2D eigenvalue weighted by Crippen LogP contribution is 2.36. The molecule has 2 N–H and O–H groups in total. The number of hydrogen-bond acceptors (Lipinski definition) is 3. The lowest BCUT2D eigenvalue weighted by atomic mass is 10.1. The zero-order chi connectivity index (χ0) is 19.3. The van der Waals surface area contributed by atoms with Crippen LogP contribution >= 0.6 is 11.6 Å². The van der Waals surface area contributed by atoms with Gasteiger partial charge < -0.3 is 5.32 Å². The second-order valence-corrected chi connectivity index (χ2v) is 6.71. The average molecular weight is 395 g/mol. The molecule has 0 bridgehead atoms. The second kappa shape index (κ2) is 6.16. The van der Waals surface area contributed by atoms with Crippen molar-refractivity contribution in [3.63, 3.8) is 0 Å². The highest BCUT2D eigenvalue weighted by atomic mass is 35.5. The van der Waals surface area contributed by atoms with E-state index in [0.717, 1.165) is 17.7 Å². The third-order valence-corrected chi connectivity index (χ3v) is 4.82. The largest absolute Gasteiger partial charge is 0.416 e. The summed E-state index contributed by atoms with van der Waals surface area (Å²) in [6, 6.07) is 5.39. The lowest BCUT2D eigenvalue weighted by molar-refractivity contribution is -0.137. The SMILES string of the molecule is Cc1cc(C(F)(F)F)cc(Cl)c1-n1[nH]c2c(c1=O)CCNc1ncccc1-2. The summed E-state index contributed by atoms with van der Waals surface area (Å²) in [6.07, 6.45) is -2.42. The molecule has 0 fully saturated rings. The summed E-state index contributed by atoms with van der Waals surface area (Å²) in [4.78, 5) is 17.2. The Morgan fingerprint density at radius 2 is 2.07 bits per heavy atom. The maximum absolute atomic E-state index is 13.0. The Hall–Kier alpha value is -2.74. The van der Waals surface area contributed by atoms with E-state index < -0.39 is 11.7 Å². The molecule has 0 atom stereocenters. The molecule has 27 heavy (non-hydrogen) atoms. The fourth-order valence-electron chi connectivity index (χ4n) is 3.32. The molecule has 0 amide bonds. The third-order valence-electron chi connectivity index (χ3n) is 4.54. The number of benzene rings is 1. The van der Waals surface area contributed by atoms with E-state index in [4.69, 9.17) is 11.6 Å². The number of rotatable bonds is 1. The van der Waals surface area contributed by atoms with Gasteiger partial charge in [-0.15, -0.1) is 0 Å². The topological polar surface area (TPSA) is 62.7 Å². The van der Waals surface area contributed by atoms with Crippen molar-refractivity contribution in [3.8, 4) is 16.9 Å². The van der Waals surface area contributed by atoms with Gasteiger partial charge in [0, 0.05) is 23.9 Å². The van der Waals surface area contributed by atoms with E-state index in [9.17, 15) is 18.0 Å². The minimum atomic E-state index is -4.51. The number of aromatic nitrogens is 3. The van der Waals surface area contributed by atoms with E-state index >= 15 is 0 Å². The van der Waals surface area contributed by atoms with E-state index in [-0.39, 0.29) is 21.8 Å². The van der Waals surface area contributed by atoms with Gasteiger partial charge in [-0.2, -0.15) is 13.2 Å². The quantitative estimate of drug-likeness (QED) is 0.651. The number of aryl methyl sites for hydroxylation is 1. The zero-order valence-corrected chi connectivity index (χ0v) is 14.9. The molecule has 2 aromatic heterocycles. The van der Waals surface area contributed by atoms with Gasteiger partial charge in [-0.1, -0.05) is 11.6 Å². The normalized spacial score (nSPS) is 13.5. The Kier molecular flexibility index (Phi) is 4.03. The third kappa shape index (κ3) is 2.90. The minimum absolute atomic E-state index is 0.148. The van der Waals surface area contributed by atoms with Crippen LogP contribution in [0.5, 0.6) is 0 Å². The van der Waals surface area contributed by atoms with E-state index in [1.165, 1.54) is 11.6 Å². The summed E-state index contributed by atoms with van der Waals surface area (Å²) in [6.45, 7) is 2.01. The van der Waals surface area contributed by atoms with Crippen molar-refractivity contribution in [2.24, 2.45) is 0 Å². The van der Waals surface area contributed by atoms with Crippen LogP contribution in [-0.2, 0) is 12.6 Å². The van der Waals surface area contributed by atoms with Gasteiger partial charge in [0.15, 0.2) is 0 Å². The summed E-state index contributed by atoms with van der Waals surface area (Å²) < 4.78 is 40.2. The molecular formula is C18H14ClF3N4O. The van der Waals surface area contributed by atoms with Crippen molar-refractivity contribution in [2.45, 2.75) is 19.5 Å². The predicted octanol–water partition coefficient (Wildman–Crippen LogP) is 4.18. The Morgan fingerprint density at radius 3 is 2.78 bits per heavy atom. The van der Waals surface area contributed by atoms with Gasteiger partial charge in [0.1, 0.15) is 5.82 Å². The lowest BCUT2D eigenvalue weighted by Crippen LogP contribution is -2.20. The molecule has 0 unspecified atom stereocenters. The van der Waals surface area contributed by atoms with Crippen LogP contribution < -0.4 is 10.9 Å². The second-order valence-electron chi connectivity index (χ2n) is 6.30. The van der Waals surface area contributed by atoms with Crippen LogP contribution in [0.3, 0.4) is 0 Å². The molecule has 3 heterocycles. The van der Waals surface area contributed by atoms with Crippen LogP contribution in [0, 0.1) is 6.92 Å². The standard InChI is InChI=1S/C18H14ClF3N4O/c1-9-7-10(18(20,21)22)8-13(19)15(9)26-17(27)12-4-6-24-16-11(14(12)25-26)3-2-5-23-16/h2-3,5,7-8,25H,4,6H2,1H3,(H,23,24). The van der Waals surface area contributed by atoms with Gasteiger partial charge in [0.05, 0.1) is 22.0 Å². The molecule has 140 valence electrons. The molecule has 5 nitrogen and oxygen atoms in total. The highest BCUT2D eigenvalue weighted by molar-refractivity contribution is 6.32. The maximum atomic E-state index is 13.0. The number of nitrogens with zero attached hydrogens (tertiary/aromatic N) is 2. The molecule has 1 aromatic carbocycles. The molecule has 0 aliphatic carbocycles. The molecule has 4 rings (SSSR count). The van der Waals surface area contributed by atoms with Gasteiger partial charge in [-0.3, -0.25) is 9.89 Å². The Labute approximate surface area is 156 Å². The first-order chi connectivity index (χ1) is 12.8. The van der Waals surface area contributed by atoms with E-state index in [0.29, 0.717) is 30.0 Å². The van der Waals surface area contributed by atoms with Crippen molar-refractivity contribution < 1.29 is 13.2 Å². The lowest BCUT2D eigenvalue weighted by Gasteiger charge is -2.14. The Balaban J connectivity index is 1.94. The zero-order valence-electron chi connectivity index (χ0n) is 14.1. The van der Waals surface area contributed by atoms with Gasteiger partial charge in [-0.05, 0) is 43.2 Å². The van der Waals surface area contributed by atoms with Gasteiger partial charge >= 0.3 is 6.18 Å². The molecular weight excluding hydrogens is 381 g/mol. The minimum Gasteiger partial charge on any atom is -0.369 e. The van der Waals surface area contributed by atoms with Crippen LogP contribution in [0.25, 0.3) is 16.9 Å². The first kappa shape index (κ1) is 17.7. The first-order valence-corrected chi connectivity index (χ1v) is 8.56. The summed E-state index contributed by atoms with van der Waals surface area (Å²) in [5.74, 6) is 0.639. The molecule has 0 spiro atoms. The summed E-state index contributed by atoms with van der Waals surface area (Å²) in [5.41, 5.74) is 1.11. The number of H-pyrrole nitrogens is 1. The van der Waals surface area contributed by atoms with E-state index in [2.05, 4.69) is 15.4 Å². The highest BCUT2D eigenvalue weighted by Gasteiger charge is 2.32. The predicted molar refractivity (Wildman–Crippen MR) is 96.6 cm³/mol. The number of pyridine rings is 1. The molecule has 0 saturated heterocycles. The number of hydrogen-bond donors (Lipinski definition) is 2. The van der Waals surface area contributed by atoms with E-state index in [1.54, 1.807) is 12.3 Å². The molecule has 1 aliphatic rings. The monoisotopic (exact) mass is 394 g/mol. The average Bonchev–Trinajstić information content (AvgIpc) is 2.80. The first-order valence-electron chi connectivity index (χ1n) is 8.18. The van der Waals surface area contributed by atoms with Crippen molar-refractivity contribution in [2.75, 3.05) is 11.9 Å². The molecule has 9 heteroatoms. The van der Waals surface area contributed by atoms with Crippen molar-refractivity contribution in [1.82, 2.24) is 14.8 Å². The van der Waals surface area contributed by atoms with Crippen molar-refractivity contribution in [3.05, 3.63) is 62.5 Å². The fraction of sp³-hybridized carbons (Fsp3) is 0.222. The molecule has 0 radical (unpaired) electrons. The van der Waals surface area contributed by atoms with Crippen LogP contribution in [0.4, 0.5) is 19.0 Å². The van der Waals surface area contributed by atoms with Crippen LogP contribution in [0.15, 0.2) is 35.3 Å². The van der Waals surface area contributed by atoms with Gasteiger partial charge in [-0.25, -0.2) is 9.67 Å². The number of alkyl halides is 3. The van der Waals surface area contributed by atoms with Gasteiger partial charge in [0.25, 0.3) is 5.56 Å². The number of nitrogens with one attached hydrogen (secondary N) is 2. The number of fused-ring (bicyclic) bond motifs is 3.